The Kier molecular flexibility index (Phi) is 6.78. The fourth-order valence-electron chi connectivity index (χ4n) is 2.80. The maximum absolute atomic E-state index is 5.09. The zero-order chi connectivity index (χ0) is 11.9. The SMILES string of the molecule is COCCCN(C)CC1(CS)CCCCC1. The van der Waals surface area contributed by atoms with E-state index in [1.165, 1.54) is 38.6 Å². The second kappa shape index (κ2) is 7.57. The molecule has 1 rings (SSSR count). The van der Waals surface area contributed by atoms with Crippen LogP contribution in [0.3, 0.4) is 0 Å². The van der Waals surface area contributed by atoms with Gasteiger partial charge in [0.25, 0.3) is 0 Å². The molecule has 16 heavy (non-hydrogen) atoms. The third-order valence-corrected chi connectivity index (χ3v) is 4.41. The van der Waals surface area contributed by atoms with Gasteiger partial charge in [-0.3, -0.25) is 0 Å². The van der Waals surface area contributed by atoms with E-state index in [0.717, 1.165) is 25.3 Å². The highest BCUT2D eigenvalue weighted by Crippen LogP contribution is 2.37. The molecule has 3 heteroatoms. The summed E-state index contributed by atoms with van der Waals surface area (Å²) in [6, 6.07) is 0. The normalized spacial score (nSPS) is 20.2. The molecule has 0 aromatic rings. The zero-order valence-corrected chi connectivity index (χ0v) is 11.8. The van der Waals surface area contributed by atoms with Crippen molar-refractivity contribution in [3.8, 4) is 0 Å². The predicted molar refractivity (Wildman–Crippen MR) is 73.4 cm³/mol. The summed E-state index contributed by atoms with van der Waals surface area (Å²) in [4.78, 5) is 2.46. The highest BCUT2D eigenvalue weighted by Gasteiger charge is 2.31. The molecule has 0 heterocycles. The van der Waals surface area contributed by atoms with Crippen LogP contribution in [-0.2, 0) is 4.74 Å². The number of hydrogen-bond acceptors (Lipinski definition) is 3. The van der Waals surface area contributed by atoms with Gasteiger partial charge >= 0.3 is 0 Å². The van der Waals surface area contributed by atoms with Gasteiger partial charge in [0.15, 0.2) is 0 Å². The van der Waals surface area contributed by atoms with Gasteiger partial charge in [-0.1, -0.05) is 19.3 Å². The second-order valence-corrected chi connectivity index (χ2v) is 5.62. The second-order valence-electron chi connectivity index (χ2n) is 5.30. The Balaban J connectivity index is 2.30. The minimum atomic E-state index is 0.489. The van der Waals surface area contributed by atoms with Crippen LogP contribution in [0.2, 0.25) is 0 Å². The molecule has 1 aliphatic carbocycles. The van der Waals surface area contributed by atoms with E-state index in [4.69, 9.17) is 4.74 Å². The number of nitrogens with zero attached hydrogens (tertiary/aromatic N) is 1. The van der Waals surface area contributed by atoms with Crippen LogP contribution in [0.25, 0.3) is 0 Å². The maximum atomic E-state index is 5.09. The smallest absolute Gasteiger partial charge is 0.0474 e. The van der Waals surface area contributed by atoms with Crippen molar-refractivity contribution in [1.29, 1.82) is 0 Å². The molecule has 2 nitrogen and oxygen atoms in total. The molecule has 0 unspecified atom stereocenters. The Morgan fingerprint density at radius 3 is 2.50 bits per heavy atom. The van der Waals surface area contributed by atoms with E-state index >= 15 is 0 Å². The van der Waals surface area contributed by atoms with Crippen molar-refractivity contribution in [2.75, 3.05) is 39.6 Å². The number of methoxy groups -OCH3 is 1. The first-order valence-corrected chi connectivity index (χ1v) is 7.14. The van der Waals surface area contributed by atoms with Crippen LogP contribution in [0.5, 0.6) is 0 Å². The van der Waals surface area contributed by atoms with Crippen LogP contribution in [-0.4, -0.2) is 44.5 Å². The monoisotopic (exact) mass is 245 g/mol. The molecule has 0 aromatic heterocycles. The number of ether oxygens (including phenoxy) is 1. The van der Waals surface area contributed by atoms with Crippen molar-refractivity contribution in [2.24, 2.45) is 5.41 Å². The number of hydrogen-bond donors (Lipinski definition) is 1. The van der Waals surface area contributed by atoms with Crippen molar-refractivity contribution in [1.82, 2.24) is 4.90 Å². The summed E-state index contributed by atoms with van der Waals surface area (Å²) in [6.07, 6.45) is 8.08. The summed E-state index contributed by atoms with van der Waals surface area (Å²) in [6.45, 7) is 3.22. The van der Waals surface area contributed by atoms with Crippen LogP contribution in [0.15, 0.2) is 0 Å². The Morgan fingerprint density at radius 1 is 1.25 bits per heavy atom. The van der Waals surface area contributed by atoms with Gasteiger partial charge in [-0.05, 0) is 37.5 Å². The minimum absolute atomic E-state index is 0.489. The van der Waals surface area contributed by atoms with E-state index in [2.05, 4.69) is 24.6 Å². The summed E-state index contributed by atoms with van der Waals surface area (Å²) in [5.41, 5.74) is 0.489. The Morgan fingerprint density at radius 2 is 1.94 bits per heavy atom. The van der Waals surface area contributed by atoms with Gasteiger partial charge < -0.3 is 9.64 Å². The molecule has 1 fully saturated rings. The molecular weight excluding hydrogens is 218 g/mol. The lowest BCUT2D eigenvalue weighted by molar-refractivity contribution is 0.129. The van der Waals surface area contributed by atoms with Crippen LogP contribution < -0.4 is 0 Å². The van der Waals surface area contributed by atoms with Crippen LogP contribution in [0.4, 0.5) is 0 Å². The van der Waals surface area contributed by atoms with Gasteiger partial charge in [-0.25, -0.2) is 0 Å². The highest BCUT2D eigenvalue weighted by atomic mass is 32.1. The molecule has 0 N–H and O–H groups in total. The summed E-state index contributed by atoms with van der Waals surface area (Å²) in [5, 5.41) is 0. The Bertz CT molecular complexity index is 181. The highest BCUT2D eigenvalue weighted by molar-refractivity contribution is 7.80. The molecule has 1 aliphatic rings. The molecule has 1 saturated carbocycles. The standard InChI is InChI=1S/C13H27NOS/c1-14(9-6-10-15-2)11-13(12-16)7-4-3-5-8-13/h16H,3-12H2,1-2H3. The largest absolute Gasteiger partial charge is 0.385 e. The molecule has 0 spiro atoms. The van der Waals surface area contributed by atoms with E-state index in [1.807, 2.05) is 0 Å². The summed E-state index contributed by atoms with van der Waals surface area (Å²) in [5.74, 6) is 1.04. The van der Waals surface area contributed by atoms with E-state index in [-0.39, 0.29) is 0 Å². The minimum Gasteiger partial charge on any atom is -0.385 e. The first kappa shape index (κ1) is 14.3. The van der Waals surface area contributed by atoms with Gasteiger partial charge in [0.2, 0.25) is 0 Å². The lowest BCUT2D eigenvalue weighted by atomic mass is 9.75. The topological polar surface area (TPSA) is 12.5 Å². The summed E-state index contributed by atoms with van der Waals surface area (Å²) < 4.78 is 5.09. The van der Waals surface area contributed by atoms with Crippen LogP contribution in [0.1, 0.15) is 38.5 Å². The Labute approximate surface area is 106 Å². The van der Waals surface area contributed by atoms with E-state index < -0.39 is 0 Å². The molecule has 0 atom stereocenters. The first-order valence-electron chi connectivity index (χ1n) is 6.51. The van der Waals surface area contributed by atoms with Crippen molar-refractivity contribution >= 4 is 12.6 Å². The van der Waals surface area contributed by atoms with Gasteiger partial charge in [0.1, 0.15) is 0 Å². The average molecular weight is 245 g/mol. The maximum Gasteiger partial charge on any atom is 0.0474 e. The predicted octanol–water partition coefficient (Wildman–Crippen LogP) is 2.84. The quantitative estimate of drug-likeness (QED) is 0.547. The van der Waals surface area contributed by atoms with E-state index in [0.29, 0.717) is 5.41 Å². The van der Waals surface area contributed by atoms with Crippen molar-refractivity contribution in [3.05, 3.63) is 0 Å². The molecule has 0 aliphatic heterocycles. The molecule has 0 saturated heterocycles. The summed E-state index contributed by atoms with van der Waals surface area (Å²) in [7, 11) is 4.01. The fraction of sp³-hybridized carbons (Fsp3) is 1.00. The van der Waals surface area contributed by atoms with Gasteiger partial charge in [0.05, 0.1) is 0 Å². The molecule has 0 radical (unpaired) electrons. The molecular formula is C13H27NOS. The average Bonchev–Trinajstić information content (AvgIpc) is 2.30. The molecule has 96 valence electrons. The molecule has 0 aromatic carbocycles. The van der Waals surface area contributed by atoms with Crippen LogP contribution in [0, 0.1) is 5.41 Å². The number of rotatable bonds is 7. The van der Waals surface area contributed by atoms with Crippen molar-refractivity contribution in [3.63, 3.8) is 0 Å². The summed E-state index contributed by atoms with van der Waals surface area (Å²) >= 11 is 4.58. The van der Waals surface area contributed by atoms with Crippen LogP contribution >= 0.6 is 12.6 Å². The first-order chi connectivity index (χ1) is 7.72. The zero-order valence-electron chi connectivity index (χ0n) is 10.9. The van der Waals surface area contributed by atoms with Crippen molar-refractivity contribution < 1.29 is 4.74 Å². The fourth-order valence-corrected chi connectivity index (χ4v) is 3.21. The Hall–Kier alpha value is 0.270. The van der Waals surface area contributed by atoms with Gasteiger partial charge in [-0.15, -0.1) is 0 Å². The molecule has 0 amide bonds. The third-order valence-electron chi connectivity index (χ3n) is 3.74. The van der Waals surface area contributed by atoms with Gasteiger partial charge in [0, 0.05) is 26.8 Å². The van der Waals surface area contributed by atoms with Gasteiger partial charge in [-0.2, -0.15) is 12.6 Å². The van der Waals surface area contributed by atoms with E-state index in [1.54, 1.807) is 7.11 Å². The lowest BCUT2D eigenvalue weighted by Gasteiger charge is -2.39. The number of thiol groups is 1. The van der Waals surface area contributed by atoms with E-state index in [9.17, 15) is 0 Å². The van der Waals surface area contributed by atoms with Crippen molar-refractivity contribution in [2.45, 2.75) is 38.5 Å². The molecule has 0 bridgehead atoms. The lowest BCUT2D eigenvalue weighted by Crippen LogP contribution is -2.39. The third kappa shape index (κ3) is 4.64.